The van der Waals surface area contributed by atoms with Crippen molar-refractivity contribution in [1.82, 2.24) is 9.97 Å². The van der Waals surface area contributed by atoms with Crippen LogP contribution in [0.1, 0.15) is 63.1 Å². The smallest absolute Gasteiger partial charge is 0.310 e. The third kappa shape index (κ3) is 4.14. The second-order valence-corrected chi connectivity index (χ2v) is 9.68. The molecule has 0 bridgehead atoms. The number of nitrogens with zero attached hydrogens (tertiary/aromatic N) is 2. The summed E-state index contributed by atoms with van der Waals surface area (Å²) in [4.78, 5) is 21.4. The van der Waals surface area contributed by atoms with Gasteiger partial charge >= 0.3 is 5.97 Å². The lowest BCUT2D eigenvalue weighted by atomic mass is 9.95. The molecule has 2 atom stereocenters. The van der Waals surface area contributed by atoms with Gasteiger partial charge in [-0.05, 0) is 17.4 Å². The normalized spacial score (nSPS) is 19.5. The molecule has 0 N–H and O–H groups in total. The average molecular weight is 450 g/mol. The standard InChI is InChI=1S/C24H26F4N2O2/c1-7-8-13-17(25)19(27)14(20(28)18(13)26)11-32-21(31)16-15(24(16,5)6)12-9-29-22(30-10-12)23(2,3)4/h7,9-10,15-16H,1,8,11H2,2-6H3/t15-,16+/m1/s1. The van der Waals surface area contributed by atoms with E-state index >= 15 is 0 Å². The summed E-state index contributed by atoms with van der Waals surface area (Å²) in [5.41, 5.74) is -1.70. The van der Waals surface area contributed by atoms with E-state index in [4.69, 9.17) is 4.74 Å². The van der Waals surface area contributed by atoms with Crippen LogP contribution in [0.4, 0.5) is 17.6 Å². The van der Waals surface area contributed by atoms with Gasteiger partial charge in [0.2, 0.25) is 0 Å². The molecule has 1 aromatic carbocycles. The minimum atomic E-state index is -1.58. The molecule has 3 rings (SSSR count). The summed E-state index contributed by atoms with van der Waals surface area (Å²) in [7, 11) is 0. The Morgan fingerprint density at radius 1 is 1.06 bits per heavy atom. The quantitative estimate of drug-likeness (QED) is 0.251. The van der Waals surface area contributed by atoms with Crippen LogP contribution in [0.25, 0.3) is 0 Å². The highest BCUT2D eigenvalue weighted by molar-refractivity contribution is 5.79. The van der Waals surface area contributed by atoms with Gasteiger partial charge in [0.25, 0.3) is 0 Å². The molecule has 0 saturated heterocycles. The van der Waals surface area contributed by atoms with E-state index in [2.05, 4.69) is 16.5 Å². The van der Waals surface area contributed by atoms with Crippen LogP contribution >= 0.6 is 0 Å². The predicted molar refractivity (Wildman–Crippen MR) is 111 cm³/mol. The Kier molecular flexibility index (Phi) is 6.19. The summed E-state index contributed by atoms with van der Waals surface area (Å²) in [6.45, 7) is 12.0. The SMILES string of the molecule is C=CCc1c(F)c(F)c(COC(=O)[C@@H]2[C@@H](c3cnc(C(C)(C)C)nc3)C2(C)C)c(F)c1F. The first-order chi connectivity index (χ1) is 14.8. The lowest BCUT2D eigenvalue weighted by Gasteiger charge is -2.16. The van der Waals surface area contributed by atoms with Crippen molar-refractivity contribution in [3.63, 3.8) is 0 Å². The van der Waals surface area contributed by atoms with Crippen LogP contribution in [0, 0.1) is 34.6 Å². The first-order valence-corrected chi connectivity index (χ1v) is 10.3. The maximum Gasteiger partial charge on any atom is 0.310 e. The molecule has 0 radical (unpaired) electrons. The molecule has 8 heteroatoms. The van der Waals surface area contributed by atoms with Crippen molar-refractivity contribution >= 4 is 5.97 Å². The number of carbonyl (C=O) groups is 1. The molecule has 1 aliphatic carbocycles. The van der Waals surface area contributed by atoms with Gasteiger partial charge in [-0.15, -0.1) is 6.58 Å². The first-order valence-electron chi connectivity index (χ1n) is 10.3. The lowest BCUT2D eigenvalue weighted by Crippen LogP contribution is -2.16. The molecular formula is C24H26F4N2O2. The molecule has 172 valence electrons. The van der Waals surface area contributed by atoms with Gasteiger partial charge in [0, 0.05) is 29.3 Å². The highest BCUT2D eigenvalue weighted by atomic mass is 19.2. The van der Waals surface area contributed by atoms with Crippen LogP contribution in [0.2, 0.25) is 0 Å². The van der Waals surface area contributed by atoms with Crippen LogP contribution in [-0.4, -0.2) is 15.9 Å². The fourth-order valence-corrected chi connectivity index (χ4v) is 3.99. The van der Waals surface area contributed by atoms with Gasteiger partial charge in [0.15, 0.2) is 23.3 Å². The Balaban J connectivity index is 1.77. The predicted octanol–water partition coefficient (Wildman–Crippen LogP) is 5.54. The lowest BCUT2D eigenvalue weighted by molar-refractivity contribution is -0.147. The van der Waals surface area contributed by atoms with Crippen LogP contribution in [0.5, 0.6) is 0 Å². The van der Waals surface area contributed by atoms with Crippen molar-refractivity contribution in [1.29, 1.82) is 0 Å². The molecule has 4 nitrogen and oxygen atoms in total. The molecular weight excluding hydrogens is 424 g/mol. The van der Waals surface area contributed by atoms with E-state index in [1.807, 2.05) is 34.6 Å². The van der Waals surface area contributed by atoms with Gasteiger partial charge < -0.3 is 4.74 Å². The number of hydrogen-bond donors (Lipinski definition) is 0. The van der Waals surface area contributed by atoms with Gasteiger partial charge in [-0.1, -0.05) is 40.7 Å². The van der Waals surface area contributed by atoms with E-state index < -0.39 is 58.3 Å². The molecule has 0 spiro atoms. The van der Waals surface area contributed by atoms with Crippen LogP contribution in [0.3, 0.4) is 0 Å². The maximum atomic E-state index is 14.3. The van der Waals surface area contributed by atoms with Gasteiger partial charge in [-0.2, -0.15) is 0 Å². The Labute approximate surface area is 184 Å². The summed E-state index contributed by atoms with van der Waals surface area (Å²) in [5.74, 6) is -7.10. The summed E-state index contributed by atoms with van der Waals surface area (Å²) >= 11 is 0. The van der Waals surface area contributed by atoms with Crippen LogP contribution in [0.15, 0.2) is 25.0 Å². The summed E-state index contributed by atoms with van der Waals surface area (Å²) in [5, 5.41) is 0. The zero-order chi connectivity index (χ0) is 24.0. The molecule has 1 heterocycles. The molecule has 1 aromatic heterocycles. The molecule has 0 unspecified atom stereocenters. The topological polar surface area (TPSA) is 52.1 Å². The number of hydrogen-bond acceptors (Lipinski definition) is 4. The van der Waals surface area contributed by atoms with E-state index in [0.29, 0.717) is 5.82 Å². The highest BCUT2D eigenvalue weighted by Crippen LogP contribution is 2.64. The number of allylic oxidation sites excluding steroid dienone is 1. The zero-order valence-corrected chi connectivity index (χ0v) is 18.7. The molecule has 0 amide bonds. The van der Waals surface area contributed by atoms with Gasteiger partial charge in [-0.25, -0.2) is 27.5 Å². The van der Waals surface area contributed by atoms with Crippen molar-refractivity contribution < 1.29 is 27.1 Å². The second-order valence-electron chi connectivity index (χ2n) is 9.68. The number of carbonyl (C=O) groups excluding carboxylic acids is 1. The number of ether oxygens (including phenoxy) is 1. The van der Waals surface area contributed by atoms with E-state index in [1.165, 1.54) is 0 Å². The average Bonchev–Trinajstić information content (AvgIpc) is 3.31. The van der Waals surface area contributed by atoms with Crippen molar-refractivity contribution in [2.45, 2.75) is 59.0 Å². The summed E-state index contributed by atoms with van der Waals surface area (Å²) < 4.78 is 61.9. The monoisotopic (exact) mass is 450 g/mol. The Hall–Kier alpha value is -2.77. The number of esters is 1. The minimum absolute atomic E-state index is 0.226. The Morgan fingerprint density at radius 3 is 2.03 bits per heavy atom. The molecule has 1 aliphatic rings. The molecule has 1 saturated carbocycles. The fraction of sp³-hybridized carbons (Fsp3) is 0.458. The number of aromatic nitrogens is 2. The molecule has 32 heavy (non-hydrogen) atoms. The fourth-order valence-electron chi connectivity index (χ4n) is 3.99. The maximum absolute atomic E-state index is 14.3. The van der Waals surface area contributed by atoms with Crippen molar-refractivity contribution in [2.75, 3.05) is 0 Å². The Morgan fingerprint density at radius 2 is 1.56 bits per heavy atom. The van der Waals surface area contributed by atoms with Crippen molar-refractivity contribution in [3.05, 3.63) is 70.8 Å². The van der Waals surface area contributed by atoms with E-state index in [1.54, 1.807) is 12.4 Å². The van der Waals surface area contributed by atoms with Gasteiger partial charge in [0.05, 0.1) is 11.5 Å². The van der Waals surface area contributed by atoms with Crippen molar-refractivity contribution in [2.24, 2.45) is 11.3 Å². The number of rotatable bonds is 6. The molecule has 2 aromatic rings. The first kappa shape index (κ1) is 23.9. The van der Waals surface area contributed by atoms with E-state index in [-0.39, 0.29) is 17.8 Å². The van der Waals surface area contributed by atoms with Crippen LogP contribution in [-0.2, 0) is 28.0 Å². The zero-order valence-electron chi connectivity index (χ0n) is 18.7. The summed E-state index contributed by atoms with van der Waals surface area (Å²) in [6, 6.07) is 0. The number of benzene rings is 1. The van der Waals surface area contributed by atoms with E-state index in [9.17, 15) is 22.4 Å². The van der Waals surface area contributed by atoms with Gasteiger partial charge in [-0.3, -0.25) is 4.79 Å². The second kappa shape index (κ2) is 8.30. The minimum Gasteiger partial charge on any atom is -0.460 e. The van der Waals surface area contributed by atoms with Gasteiger partial charge in [0.1, 0.15) is 12.4 Å². The van der Waals surface area contributed by atoms with E-state index in [0.717, 1.165) is 11.6 Å². The third-order valence-corrected chi connectivity index (χ3v) is 5.94. The third-order valence-electron chi connectivity index (χ3n) is 5.94. The molecule has 1 fully saturated rings. The van der Waals surface area contributed by atoms with Crippen molar-refractivity contribution in [3.8, 4) is 0 Å². The highest BCUT2D eigenvalue weighted by Gasteiger charge is 2.63. The summed E-state index contributed by atoms with van der Waals surface area (Å²) in [6.07, 6.45) is 4.08. The number of halogens is 4. The Bertz CT molecular complexity index is 1030. The molecule has 0 aliphatic heterocycles. The van der Waals surface area contributed by atoms with Crippen LogP contribution < -0.4 is 0 Å². The largest absolute Gasteiger partial charge is 0.460 e.